The highest BCUT2D eigenvalue weighted by Gasteiger charge is 1.95. The third-order valence-corrected chi connectivity index (χ3v) is 2.26. The summed E-state index contributed by atoms with van der Waals surface area (Å²) in [5.41, 5.74) is 1.79. The lowest BCUT2D eigenvalue weighted by Crippen LogP contribution is -1.94. The number of aldehydes is 1. The maximum Gasteiger partial charge on any atom is 0.150 e. The fraction of sp³-hybridized carbons (Fsp3) is 0.235. The first-order valence-corrected chi connectivity index (χ1v) is 6.55. The maximum atomic E-state index is 10.5. The van der Waals surface area contributed by atoms with E-state index in [-0.39, 0.29) is 0 Å². The lowest BCUT2D eigenvalue weighted by atomic mass is 10.2. The van der Waals surface area contributed by atoms with Crippen LogP contribution in [0, 0.1) is 0 Å². The van der Waals surface area contributed by atoms with Gasteiger partial charge < -0.3 is 9.84 Å². The summed E-state index contributed by atoms with van der Waals surface area (Å²) < 4.78 is 5.58. The minimum absolute atomic E-state index is 0.543. The smallest absolute Gasteiger partial charge is 0.150 e. The number of aliphatic hydroxyl groups is 1. The largest absolute Gasteiger partial charge is 0.489 e. The molecule has 0 aliphatic carbocycles. The molecule has 0 aliphatic rings. The second-order valence-electron chi connectivity index (χ2n) is 3.46. The first-order valence-electron chi connectivity index (χ1n) is 6.55. The molecule has 108 valence electrons. The van der Waals surface area contributed by atoms with Crippen LogP contribution in [0.3, 0.4) is 0 Å². The topological polar surface area (TPSA) is 46.5 Å². The van der Waals surface area contributed by atoms with Crippen molar-refractivity contribution >= 4 is 6.29 Å². The van der Waals surface area contributed by atoms with E-state index in [1.807, 2.05) is 44.2 Å². The van der Waals surface area contributed by atoms with Crippen molar-refractivity contribution in [1.29, 1.82) is 0 Å². The number of hydrogen-bond donors (Lipinski definition) is 1. The molecule has 0 spiro atoms. The van der Waals surface area contributed by atoms with Crippen molar-refractivity contribution in [3.63, 3.8) is 0 Å². The molecule has 0 radical (unpaired) electrons. The van der Waals surface area contributed by atoms with E-state index >= 15 is 0 Å². The van der Waals surface area contributed by atoms with E-state index in [0.717, 1.165) is 24.7 Å². The Bertz CT molecular complexity index is 449. The molecule has 2 aromatic rings. The highest BCUT2D eigenvalue weighted by molar-refractivity contribution is 5.74. The Morgan fingerprint density at radius 2 is 1.50 bits per heavy atom. The molecule has 0 fully saturated rings. The number of carbonyl (C=O) groups excluding carboxylic acids is 1. The molecular formula is C17H22O3. The van der Waals surface area contributed by atoms with Gasteiger partial charge in [0.05, 0.1) is 0 Å². The molecule has 0 aliphatic heterocycles. The van der Waals surface area contributed by atoms with Gasteiger partial charge in [-0.2, -0.15) is 0 Å². The quantitative estimate of drug-likeness (QED) is 0.864. The summed E-state index contributed by atoms with van der Waals surface area (Å²) in [6.45, 7) is 4.54. The molecule has 1 N–H and O–H groups in total. The van der Waals surface area contributed by atoms with Gasteiger partial charge in [0.2, 0.25) is 0 Å². The second-order valence-corrected chi connectivity index (χ2v) is 3.46. The van der Waals surface area contributed by atoms with Gasteiger partial charge >= 0.3 is 0 Å². The number of hydrogen-bond acceptors (Lipinski definition) is 3. The summed E-state index contributed by atoms with van der Waals surface area (Å²) in [6.07, 6.45) is 0.820. The van der Waals surface area contributed by atoms with Crippen LogP contribution in [0.2, 0.25) is 0 Å². The van der Waals surface area contributed by atoms with Crippen LogP contribution in [0.4, 0.5) is 0 Å². The second kappa shape index (κ2) is 11.9. The molecule has 0 saturated carbocycles. The zero-order valence-electron chi connectivity index (χ0n) is 12.2. The van der Waals surface area contributed by atoms with Gasteiger partial charge in [0.1, 0.15) is 18.6 Å². The normalized spacial score (nSPS) is 8.40. The Labute approximate surface area is 120 Å². The van der Waals surface area contributed by atoms with Crippen molar-refractivity contribution < 1.29 is 14.6 Å². The third-order valence-electron chi connectivity index (χ3n) is 2.26. The summed E-state index contributed by atoms with van der Waals surface area (Å²) in [6, 6.07) is 17.0. The van der Waals surface area contributed by atoms with Crippen molar-refractivity contribution in [3.05, 3.63) is 65.7 Å². The van der Waals surface area contributed by atoms with Crippen LogP contribution >= 0.6 is 0 Å². The maximum absolute atomic E-state index is 10.5. The molecule has 2 aromatic carbocycles. The van der Waals surface area contributed by atoms with E-state index in [2.05, 4.69) is 0 Å². The van der Waals surface area contributed by atoms with Crippen molar-refractivity contribution in [2.24, 2.45) is 0 Å². The summed E-state index contributed by atoms with van der Waals surface area (Å²) in [4.78, 5) is 10.5. The molecule has 2 rings (SSSR count). The fourth-order valence-electron chi connectivity index (χ4n) is 1.38. The molecule has 0 atom stereocenters. The average molecular weight is 274 g/mol. The Kier molecular flexibility index (Phi) is 10.7. The van der Waals surface area contributed by atoms with Gasteiger partial charge in [-0.05, 0) is 29.8 Å². The van der Waals surface area contributed by atoms with Crippen molar-refractivity contribution in [2.45, 2.75) is 20.5 Å². The molecule has 3 heteroatoms. The van der Waals surface area contributed by atoms with Crippen LogP contribution in [0.15, 0.2) is 54.6 Å². The summed E-state index contributed by atoms with van der Waals surface area (Å²) in [7, 11) is 1.00. The SMILES string of the molecule is CC.CO.O=Cc1ccc(OCc2ccccc2)cc1. The summed E-state index contributed by atoms with van der Waals surface area (Å²) >= 11 is 0. The Balaban J connectivity index is 0.000000829. The Morgan fingerprint density at radius 3 is 2.00 bits per heavy atom. The number of rotatable bonds is 4. The highest BCUT2D eigenvalue weighted by atomic mass is 16.5. The lowest BCUT2D eigenvalue weighted by molar-refractivity contribution is 0.112. The number of ether oxygens (including phenoxy) is 1. The van der Waals surface area contributed by atoms with Crippen LogP contribution in [-0.4, -0.2) is 18.5 Å². The molecule has 20 heavy (non-hydrogen) atoms. The van der Waals surface area contributed by atoms with E-state index in [0.29, 0.717) is 12.2 Å². The predicted octanol–water partition coefficient (Wildman–Crippen LogP) is 3.71. The van der Waals surface area contributed by atoms with Crippen LogP contribution in [0.5, 0.6) is 5.75 Å². The van der Waals surface area contributed by atoms with Crippen molar-refractivity contribution in [3.8, 4) is 5.75 Å². The molecule has 0 bridgehead atoms. The molecule has 0 saturated heterocycles. The van der Waals surface area contributed by atoms with E-state index in [9.17, 15) is 4.79 Å². The van der Waals surface area contributed by atoms with Gasteiger partial charge in [-0.25, -0.2) is 0 Å². The predicted molar refractivity (Wildman–Crippen MR) is 82.1 cm³/mol. The summed E-state index contributed by atoms with van der Waals surface area (Å²) in [5, 5.41) is 7.00. The average Bonchev–Trinajstić information content (AvgIpc) is 2.58. The van der Waals surface area contributed by atoms with E-state index in [1.54, 1.807) is 24.3 Å². The fourth-order valence-corrected chi connectivity index (χ4v) is 1.38. The molecule has 0 amide bonds. The molecule has 3 nitrogen and oxygen atoms in total. The monoisotopic (exact) mass is 274 g/mol. The van der Waals surface area contributed by atoms with Gasteiger partial charge in [0, 0.05) is 12.7 Å². The first-order chi connectivity index (χ1) is 9.88. The number of aliphatic hydroxyl groups excluding tert-OH is 1. The molecular weight excluding hydrogens is 252 g/mol. The van der Waals surface area contributed by atoms with Gasteiger partial charge in [-0.3, -0.25) is 4.79 Å². The van der Waals surface area contributed by atoms with Gasteiger partial charge in [-0.1, -0.05) is 44.2 Å². The number of carbonyl (C=O) groups is 1. The van der Waals surface area contributed by atoms with Crippen LogP contribution < -0.4 is 4.74 Å². The third kappa shape index (κ3) is 6.71. The van der Waals surface area contributed by atoms with Crippen LogP contribution in [0.25, 0.3) is 0 Å². The molecule has 0 unspecified atom stereocenters. The van der Waals surface area contributed by atoms with Crippen LogP contribution in [-0.2, 0) is 6.61 Å². The standard InChI is InChI=1S/C14H12O2.C2H6.CH4O/c15-10-12-6-8-14(9-7-12)16-11-13-4-2-1-3-5-13;2*1-2/h1-10H,11H2;1-2H3;2H,1H3. The molecule has 0 aromatic heterocycles. The first kappa shape index (κ1) is 17.9. The zero-order chi connectivity index (χ0) is 15.2. The van der Waals surface area contributed by atoms with Gasteiger partial charge in [0.15, 0.2) is 0 Å². The van der Waals surface area contributed by atoms with E-state index in [4.69, 9.17) is 9.84 Å². The van der Waals surface area contributed by atoms with Gasteiger partial charge in [-0.15, -0.1) is 0 Å². The van der Waals surface area contributed by atoms with E-state index < -0.39 is 0 Å². The van der Waals surface area contributed by atoms with Gasteiger partial charge in [0.25, 0.3) is 0 Å². The summed E-state index contributed by atoms with van der Waals surface area (Å²) in [5.74, 6) is 0.773. The Hall–Kier alpha value is -2.13. The minimum atomic E-state index is 0.543. The lowest BCUT2D eigenvalue weighted by Gasteiger charge is -2.05. The minimum Gasteiger partial charge on any atom is -0.489 e. The van der Waals surface area contributed by atoms with Crippen molar-refractivity contribution in [2.75, 3.05) is 7.11 Å². The number of benzene rings is 2. The van der Waals surface area contributed by atoms with Crippen molar-refractivity contribution in [1.82, 2.24) is 0 Å². The molecule has 0 heterocycles. The zero-order valence-corrected chi connectivity index (χ0v) is 12.2. The van der Waals surface area contributed by atoms with Crippen LogP contribution in [0.1, 0.15) is 29.8 Å². The van der Waals surface area contributed by atoms with E-state index in [1.165, 1.54) is 0 Å². The highest BCUT2D eigenvalue weighted by Crippen LogP contribution is 2.13. The Morgan fingerprint density at radius 1 is 0.950 bits per heavy atom.